The molecule has 0 N–H and O–H groups in total. The molecule has 2 saturated heterocycles. The second-order valence-corrected chi connectivity index (χ2v) is 4.42. The van der Waals surface area contributed by atoms with E-state index in [4.69, 9.17) is 10.00 Å². The summed E-state index contributed by atoms with van der Waals surface area (Å²) in [6, 6.07) is 2.41. The van der Waals surface area contributed by atoms with Gasteiger partial charge in [-0.3, -0.25) is 0 Å². The molecular formula is C10H13NO. The van der Waals surface area contributed by atoms with Crippen molar-refractivity contribution in [2.24, 2.45) is 17.8 Å². The van der Waals surface area contributed by atoms with Gasteiger partial charge in [0.2, 0.25) is 0 Å². The molecule has 3 fully saturated rings. The van der Waals surface area contributed by atoms with E-state index in [1.54, 1.807) is 0 Å². The maximum absolute atomic E-state index is 8.82. The van der Waals surface area contributed by atoms with Crippen molar-refractivity contribution in [3.8, 4) is 6.07 Å². The van der Waals surface area contributed by atoms with Crippen LogP contribution in [0.4, 0.5) is 0 Å². The molecule has 0 radical (unpaired) electrons. The minimum Gasteiger partial charge on any atom is -0.374 e. The third kappa shape index (κ3) is 0.728. The average molecular weight is 163 g/mol. The van der Waals surface area contributed by atoms with Gasteiger partial charge in [0.15, 0.2) is 0 Å². The molecule has 64 valence electrons. The first kappa shape index (κ1) is 6.91. The number of fused-ring (bicyclic) bond motifs is 5. The monoisotopic (exact) mass is 163 g/mol. The Morgan fingerprint density at radius 1 is 1.08 bits per heavy atom. The van der Waals surface area contributed by atoms with Crippen LogP contribution in [0.1, 0.15) is 25.7 Å². The second kappa shape index (κ2) is 2.23. The number of hydrogen-bond donors (Lipinski definition) is 0. The lowest BCUT2D eigenvalue weighted by Crippen LogP contribution is -2.21. The largest absolute Gasteiger partial charge is 0.374 e. The molecule has 1 saturated carbocycles. The molecule has 3 rings (SSSR count). The van der Waals surface area contributed by atoms with Gasteiger partial charge in [0, 0.05) is 5.92 Å². The van der Waals surface area contributed by atoms with E-state index in [0.717, 1.165) is 24.7 Å². The Kier molecular flexibility index (Phi) is 1.29. The zero-order valence-electron chi connectivity index (χ0n) is 7.07. The molecule has 2 nitrogen and oxygen atoms in total. The fraction of sp³-hybridized carbons (Fsp3) is 0.900. The Morgan fingerprint density at radius 3 is 2.17 bits per heavy atom. The molecule has 3 aliphatic rings. The van der Waals surface area contributed by atoms with Crippen LogP contribution in [0.5, 0.6) is 0 Å². The summed E-state index contributed by atoms with van der Waals surface area (Å²) in [5.74, 6) is 1.83. The lowest BCUT2D eigenvalue weighted by atomic mass is 9.82. The summed E-state index contributed by atoms with van der Waals surface area (Å²) in [4.78, 5) is 0. The highest BCUT2D eigenvalue weighted by Crippen LogP contribution is 2.53. The Bertz CT molecular complexity index is 227. The second-order valence-electron chi connectivity index (χ2n) is 4.42. The predicted molar refractivity (Wildman–Crippen MR) is 43.2 cm³/mol. The van der Waals surface area contributed by atoms with Crippen molar-refractivity contribution in [2.75, 3.05) is 0 Å². The molecule has 0 aromatic rings. The Morgan fingerprint density at radius 2 is 1.67 bits per heavy atom. The summed E-state index contributed by atoms with van der Waals surface area (Å²) in [7, 11) is 0. The van der Waals surface area contributed by atoms with Gasteiger partial charge in [-0.15, -0.1) is 0 Å². The van der Waals surface area contributed by atoms with Crippen LogP contribution in [0.15, 0.2) is 0 Å². The van der Waals surface area contributed by atoms with Crippen molar-refractivity contribution in [1.82, 2.24) is 0 Å². The summed E-state index contributed by atoms with van der Waals surface area (Å²) in [5.41, 5.74) is 0. The highest BCUT2D eigenvalue weighted by molar-refractivity contribution is 5.05. The van der Waals surface area contributed by atoms with Crippen LogP contribution in [0, 0.1) is 29.1 Å². The van der Waals surface area contributed by atoms with E-state index in [0.29, 0.717) is 18.1 Å². The number of ether oxygens (including phenoxy) is 1. The maximum atomic E-state index is 8.82. The van der Waals surface area contributed by atoms with Crippen LogP contribution in [-0.2, 0) is 4.74 Å². The topological polar surface area (TPSA) is 33.0 Å². The van der Waals surface area contributed by atoms with Crippen molar-refractivity contribution in [1.29, 1.82) is 5.26 Å². The summed E-state index contributed by atoms with van der Waals surface area (Å²) < 4.78 is 5.82. The normalized spacial score (nSPS) is 55.4. The number of nitrogens with zero attached hydrogens (tertiary/aromatic N) is 1. The molecule has 4 unspecified atom stereocenters. The van der Waals surface area contributed by atoms with E-state index in [1.165, 1.54) is 12.8 Å². The van der Waals surface area contributed by atoms with Crippen LogP contribution in [0.25, 0.3) is 0 Å². The summed E-state index contributed by atoms with van der Waals surface area (Å²) in [6.45, 7) is 0. The lowest BCUT2D eigenvalue weighted by Gasteiger charge is -2.19. The number of hydrogen-bond acceptors (Lipinski definition) is 2. The quantitative estimate of drug-likeness (QED) is 0.544. The Balaban J connectivity index is 1.84. The molecule has 12 heavy (non-hydrogen) atoms. The summed E-state index contributed by atoms with van der Waals surface area (Å²) >= 11 is 0. The SMILES string of the molecule is N#CC1CC2C3CCC(O3)C2C1. The van der Waals surface area contributed by atoms with Crippen molar-refractivity contribution in [3.05, 3.63) is 0 Å². The standard InChI is InChI=1S/C10H13NO/c11-5-6-3-7-8(4-6)10-2-1-9(7)12-10/h6-10H,1-4H2. The van der Waals surface area contributed by atoms with Gasteiger partial charge in [0.05, 0.1) is 18.3 Å². The molecular weight excluding hydrogens is 150 g/mol. The molecule has 0 aromatic heterocycles. The van der Waals surface area contributed by atoms with Crippen LogP contribution in [-0.4, -0.2) is 12.2 Å². The van der Waals surface area contributed by atoms with Gasteiger partial charge in [-0.1, -0.05) is 0 Å². The van der Waals surface area contributed by atoms with Gasteiger partial charge in [-0.05, 0) is 37.5 Å². The van der Waals surface area contributed by atoms with E-state index in [1.807, 2.05) is 0 Å². The fourth-order valence-corrected chi connectivity index (χ4v) is 3.38. The smallest absolute Gasteiger partial charge is 0.0656 e. The van der Waals surface area contributed by atoms with Crippen molar-refractivity contribution >= 4 is 0 Å². The van der Waals surface area contributed by atoms with Gasteiger partial charge >= 0.3 is 0 Å². The van der Waals surface area contributed by atoms with Crippen LogP contribution in [0.3, 0.4) is 0 Å². The first-order chi connectivity index (χ1) is 5.88. The molecule has 0 spiro atoms. The highest BCUT2D eigenvalue weighted by Gasteiger charge is 2.53. The fourth-order valence-electron chi connectivity index (χ4n) is 3.38. The van der Waals surface area contributed by atoms with Crippen molar-refractivity contribution in [3.63, 3.8) is 0 Å². The molecule has 2 heteroatoms. The maximum Gasteiger partial charge on any atom is 0.0656 e. The predicted octanol–water partition coefficient (Wildman–Crippen LogP) is 1.71. The van der Waals surface area contributed by atoms with E-state index in [9.17, 15) is 0 Å². The van der Waals surface area contributed by atoms with Crippen molar-refractivity contribution in [2.45, 2.75) is 37.9 Å². The van der Waals surface area contributed by atoms with Crippen LogP contribution in [0.2, 0.25) is 0 Å². The van der Waals surface area contributed by atoms with Gasteiger partial charge in [0.1, 0.15) is 0 Å². The summed E-state index contributed by atoms with van der Waals surface area (Å²) in [5, 5.41) is 8.82. The van der Waals surface area contributed by atoms with E-state index in [-0.39, 0.29) is 0 Å². The molecule has 1 aliphatic carbocycles. The van der Waals surface area contributed by atoms with E-state index >= 15 is 0 Å². The molecule has 0 aromatic carbocycles. The van der Waals surface area contributed by atoms with Crippen LogP contribution >= 0.6 is 0 Å². The average Bonchev–Trinajstić information content (AvgIpc) is 2.75. The van der Waals surface area contributed by atoms with Gasteiger partial charge in [-0.25, -0.2) is 0 Å². The first-order valence-electron chi connectivity index (χ1n) is 4.93. The number of rotatable bonds is 0. The van der Waals surface area contributed by atoms with Gasteiger partial charge < -0.3 is 4.74 Å². The van der Waals surface area contributed by atoms with Gasteiger partial charge in [-0.2, -0.15) is 5.26 Å². The van der Waals surface area contributed by atoms with Crippen molar-refractivity contribution < 1.29 is 4.74 Å². The minimum absolute atomic E-state index is 0.340. The first-order valence-corrected chi connectivity index (χ1v) is 4.93. The van der Waals surface area contributed by atoms with E-state index < -0.39 is 0 Å². The zero-order valence-corrected chi connectivity index (χ0v) is 7.07. The Hall–Kier alpha value is -0.550. The lowest BCUT2D eigenvalue weighted by molar-refractivity contribution is 0.0790. The van der Waals surface area contributed by atoms with E-state index in [2.05, 4.69) is 6.07 Å². The molecule has 4 atom stereocenters. The number of nitriles is 1. The Labute approximate surface area is 72.5 Å². The highest BCUT2D eigenvalue weighted by atomic mass is 16.5. The zero-order chi connectivity index (χ0) is 8.13. The van der Waals surface area contributed by atoms with Gasteiger partial charge in [0.25, 0.3) is 0 Å². The third-order valence-corrected chi connectivity index (χ3v) is 3.89. The third-order valence-electron chi connectivity index (χ3n) is 3.89. The summed E-state index contributed by atoms with van der Waals surface area (Å²) in [6.07, 6.45) is 5.79. The molecule has 0 amide bonds. The minimum atomic E-state index is 0.340. The molecule has 2 heterocycles. The molecule has 2 bridgehead atoms. The van der Waals surface area contributed by atoms with Crippen LogP contribution < -0.4 is 0 Å². The molecule has 2 aliphatic heterocycles.